The Morgan fingerprint density at radius 1 is 0.968 bits per heavy atom. The van der Waals surface area contributed by atoms with Crippen LogP contribution >= 0.6 is 0 Å². The summed E-state index contributed by atoms with van der Waals surface area (Å²) in [6.07, 6.45) is 0. The highest BCUT2D eigenvalue weighted by molar-refractivity contribution is 6.08. The third-order valence-electron chi connectivity index (χ3n) is 5.38. The quantitative estimate of drug-likeness (QED) is 0.502. The average Bonchev–Trinajstić information content (AvgIpc) is 2.77. The van der Waals surface area contributed by atoms with Crippen molar-refractivity contribution in [3.8, 4) is 5.75 Å². The molecule has 0 saturated heterocycles. The van der Waals surface area contributed by atoms with Gasteiger partial charge in [0.2, 0.25) is 0 Å². The number of para-hydroxylation sites is 2. The molecule has 1 heterocycles. The number of hydrogen-bond donors (Lipinski definition) is 1. The standard InChI is InChI=1S/C26H24N2O3/c1-17-12-13-23(18(2)14-17)28(26(30)21-9-5-7-11-24(21)31-3)16-20-15-19-8-4-6-10-22(19)27-25(20)29/h4-15H,16H2,1-3H3,(H,27,29). The molecule has 0 atom stereocenters. The van der Waals surface area contributed by atoms with Gasteiger partial charge < -0.3 is 14.6 Å². The number of H-pyrrole nitrogens is 1. The number of aromatic nitrogens is 1. The van der Waals surface area contributed by atoms with Gasteiger partial charge in [-0.1, -0.05) is 48.0 Å². The zero-order chi connectivity index (χ0) is 22.0. The number of carbonyl (C=O) groups excluding carboxylic acids is 1. The summed E-state index contributed by atoms with van der Waals surface area (Å²) in [5.74, 6) is 0.270. The Balaban J connectivity index is 1.84. The molecule has 0 fully saturated rings. The molecular formula is C26H24N2O3. The molecule has 0 radical (unpaired) electrons. The SMILES string of the molecule is COc1ccccc1C(=O)N(Cc1cc2ccccc2[nH]c1=O)c1ccc(C)cc1C. The first-order valence-electron chi connectivity index (χ1n) is 10.1. The Bertz CT molecular complexity index is 1320. The number of benzene rings is 3. The summed E-state index contributed by atoms with van der Waals surface area (Å²) in [5.41, 5.74) is 4.35. The normalized spacial score (nSPS) is 10.8. The van der Waals surface area contributed by atoms with Crippen LogP contribution in [0.15, 0.2) is 77.6 Å². The van der Waals surface area contributed by atoms with Gasteiger partial charge >= 0.3 is 0 Å². The van der Waals surface area contributed by atoms with Crippen LogP contribution < -0.4 is 15.2 Å². The molecule has 156 valence electrons. The van der Waals surface area contributed by atoms with Crippen molar-refractivity contribution in [1.82, 2.24) is 4.98 Å². The molecule has 0 bridgehead atoms. The first kappa shape index (κ1) is 20.4. The molecule has 4 aromatic rings. The summed E-state index contributed by atoms with van der Waals surface area (Å²) in [6, 6.07) is 22.5. The summed E-state index contributed by atoms with van der Waals surface area (Å²) in [7, 11) is 1.54. The van der Waals surface area contributed by atoms with Gasteiger partial charge in [-0.25, -0.2) is 0 Å². The number of amides is 1. The molecule has 3 aromatic carbocycles. The van der Waals surface area contributed by atoms with Crippen LogP contribution in [-0.4, -0.2) is 18.0 Å². The van der Waals surface area contributed by atoms with Crippen molar-refractivity contribution in [2.75, 3.05) is 12.0 Å². The van der Waals surface area contributed by atoms with Crippen molar-refractivity contribution in [2.24, 2.45) is 0 Å². The van der Waals surface area contributed by atoms with E-state index in [1.54, 1.807) is 30.2 Å². The van der Waals surface area contributed by atoms with Crippen LogP contribution in [0, 0.1) is 13.8 Å². The molecule has 5 nitrogen and oxygen atoms in total. The second-order valence-electron chi connectivity index (χ2n) is 7.59. The maximum atomic E-state index is 13.7. The third kappa shape index (κ3) is 4.08. The third-order valence-corrected chi connectivity index (χ3v) is 5.38. The Morgan fingerprint density at radius 2 is 1.71 bits per heavy atom. The topological polar surface area (TPSA) is 62.4 Å². The Hall–Kier alpha value is -3.86. The lowest BCUT2D eigenvalue weighted by Crippen LogP contribution is -2.33. The van der Waals surface area contributed by atoms with Gasteiger partial charge in [0.15, 0.2) is 0 Å². The lowest BCUT2D eigenvalue weighted by Gasteiger charge is -2.25. The number of rotatable bonds is 5. The van der Waals surface area contributed by atoms with Gasteiger partial charge in [-0.15, -0.1) is 0 Å². The molecule has 0 saturated carbocycles. The summed E-state index contributed by atoms with van der Waals surface area (Å²) in [5, 5.41) is 0.919. The number of carbonyl (C=O) groups is 1. The summed E-state index contributed by atoms with van der Waals surface area (Å²) < 4.78 is 5.42. The molecule has 0 spiro atoms. The number of pyridine rings is 1. The largest absolute Gasteiger partial charge is 0.496 e. The number of anilines is 1. The average molecular weight is 412 g/mol. The molecule has 0 aliphatic heterocycles. The van der Waals surface area contributed by atoms with E-state index in [-0.39, 0.29) is 18.0 Å². The van der Waals surface area contributed by atoms with Crippen LogP contribution in [0.2, 0.25) is 0 Å². The van der Waals surface area contributed by atoms with E-state index in [1.165, 1.54) is 0 Å². The second kappa shape index (κ2) is 8.48. The van der Waals surface area contributed by atoms with Crippen LogP contribution in [0.25, 0.3) is 10.9 Å². The number of aromatic amines is 1. The van der Waals surface area contributed by atoms with E-state index in [9.17, 15) is 9.59 Å². The maximum Gasteiger partial charge on any atom is 0.262 e. The fourth-order valence-corrected chi connectivity index (χ4v) is 3.82. The van der Waals surface area contributed by atoms with Crippen molar-refractivity contribution < 1.29 is 9.53 Å². The van der Waals surface area contributed by atoms with E-state index in [0.717, 1.165) is 27.7 Å². The second-order valence-corrected chi connectivity index (χ2v) is 7.59. The van der Waals surface area contributed by atoms with Crippen LogP contribution in [0.1, 0.15) is 27.0 Å². The number of hydrogen-bond acceptors (Lipinski definition) is 3. The van der Waals surface area contributed by atoms with E-state index in [1.807, 2.05) is 68.4 Å². The smallest absolute Gasteiger partial charge is 0.262 e. The number of fused-ring (bicyclic) bond motifs is 1. The highest BCUT2D eigenvalue weighted by Crippen LogP contribution is 2.28. The number of nitrogens with one attached hydrogen (secondary N) is 1. The number of aryl methyl sites for hydroxylation is 2. The first-order chi connectivity index (χ1) is 15.0. The van der Waals surface area contributed by atoms with Gasteiger partial charge in [0.25, 0.3) is 11.5 Å². The van der Waals surface area contributed by atoms with E-state index in [2.05, 4.69) is 4.98 Å². The predicted molar refractivity (Wildman–Crippen MR) is 124 cm³/mol. The minimum Gasteiger partial charge on any atom is -0.496 e. The number of nitrogens with zero attached hydrogens (tertiary/aromatic N) is 1. The zero-order valence-electron chi connectivity index (χ0n) is 17.8. The first-order valence-corrected chi connectivity index (χ1v) is 10.1. The molecule has 5 heteroatoms. The summed E-state index contributed by atoms with van der Waals surface area (Å²) >= 11 is 0. The minimum absolute atomic E-state index is 0.140. The van der Waals surface area contributed by atoms with Crippen LogP contribution in [0.3, 0.4) is 0 Å². The van der Waals surface area contributed by atoms with Gasteiger partial charge in [0, 0.05) is 16.8 Å². The lowest BCUT2D eigenvalue weighted by molar-refractivity contribution is 0.0982. The van der Waals surface area contributed by atoms with Crippen molar-refractivity contribution in [2.45, 2.75) is 20.4 Å². The monoisotopic (exact) mass is 412 g/mol. The molecule has 0 unspecified atom stereocenters. The number of methoxy groups -OCH3 is 1. The van der Waals surface area contributed by atoms with Crippen LogP contribution in [0.4, 0.5) is 5.69 Å². The molecule has 1 amide bonds. The van der Waals surface area contributed by atoms with E-state index < -0.39 is 0 Å². The van der Waals surface area contributed by atoms with E-state index in [0.29, 0.717) is 16.9 Å². The lowest BCUT2D eigenvalue weighted by atomic mass is 10.1. The zero-order valence-corrected chi connectivity index (χ0v) is 17.8. The van der Waals surface area contributed by atoms with Crippen molar-refractivity contribution in [3.05, 3.63) is 105 Å². The Labute approximate surface area is 180 Å². The number of ether oxygens (including phenoxy) is 1. The molecule has 0 aliphatic carbocycles. The highest BCUT2D eigenvalue weighted by Gasteiger charge is 2.23. The van der Waals surface area contributed by atoms with Gasteiger partial charge in [-0.2, -0.15) is 0 Å². The summed E-state index contributed by atoms with van der Waals surface area (Å²) in [4.78, 5) is 31.0. The van der Waals surface area contributed by atoms with Crippen LogP contribution in [-0.2, 0) is 6.54 Å². The fourth-order valence-electron chi connectivity index (χ4n) is 3.82. The molecule has 4 rings (SSSR count). The molecular weight excluding hydrogens is 388 g/mol. The van der Waals surface area contributed by atoms with Gasteiger partial charge in [-0.05, 0) is 55.1 Å². The van der Waals surface area contributed by atoms with E-state index >= 15 is 0 Å². The molecule has 0 aliphatic rings. The summed E-state index contributed by atoms with van der Waals surface area (Å²) in [6.45, 7) is 4.12. The van der Waals surface area contributed by atoms with Gasteiger partial charge in [0.1, 0.15) is 5.75 Å². The van der Waals surface area contributed by atoms with Crippen molar-refractivity contribution in [3.63, 3.8) is 0 Å². The molecule has 1 aromatic heterocycles. The van der Waals surface area contributed by atoms with Crippen molar-refractivity contribution in [1.29, 1.82) is 0 Å². The minimum atomic E-state index is -0.225. The highest BCUT2D eigenvalue weighted by atomic mass is 16.5. The molecule has 31 heavy (non-hydrogen) atoms. The maximum absolute atomic E-state index is 13.7. The van der Waals surface area contributed by atoms with Gasteiger partial charge in [0.05, 0.1) is 19.2 Å². The van der Waals surface area contributed by atoms with E-state index in [4.69, 9.17) is 4.74 Å². The Morgan fingerprint density at radius 3 is 2.48 bits per heavy atom. The fraction of sp³-hybridized carbons (Fsp3) is 0.154. The Kier molecular flexibility index (Phi) is 5.58. The van der Waals surface area contributed by atoms with Crippen molar-refractivity contribution >= 4 is 22.5 Å². The van der Waals surface area contributed by atoms with Gasteiger partial charge in [-0.3, -0.25) is 9.59 Å². The predicted octanol–water partition coefficient (Wildman–Crippen LogP) is 5.00. The van der Waals surface area contributed by atoms with Crippen LogP contribution in [0.5, 0.6) is 5.75 Å². The molecule has 1 N–H and O–H groups in total.